The molecule has 0 aromatic carbocycles. The van der Waals surface area contributed by atoms with Gasteiger partial charge in [0.15, 0.2) is 5.69 Å². The Bertz CT molecular complexity index is 402. The third-order valence-electron chi connectivity index (χ3n) is 2.50. The molecule has 0 aliphatic heterocycles. The van der Waals surface area contributed by atoms with E-state index >= 15 is 0 Å². The van der Waals surface area contributed by atoms with Crippen molar-refractivity contribution < 1.29 is 14.3 Å². The third-order valence-corrected chi connectivity index (χ3v) is 2.50. The summed E-state index contributed by atoms with van der Waals surface area (Å²) in [5.74, 6) is -0.456. The van der Waals surface area contributed by atoms with Gasteiger partial charge in [-0.1, -0.05) is 13.8 Å². The van der Waals surface area contributed by atoms with E-state index in [1.54, 1.807) is 7.05 Å². The molecule has 6 heteroatoms. The number of aromatic nitrogens is 2. The van der Waals surface area contributed by atoms with E-state index in [4.69, 9.17) is 15.2 Å². The van der Waals surface area contributed by atoms with Crippen LogP contribution in [0, 0.1) is 0 Å². The molecule has 0 bridgehead atoms. The van der Waals surface area contributed by atoms with Crippen molar-refractivity contribution in [2.45, 2.75) is 26.7 Å². The number of esters is 1. The van der Waals surface area contributed by atoms with Crippen LogP contribution in [0.4, 0.5) is 5.69 Å². The second-order valence-electron chi connectivity index (χ2n) is 3.93. The second kappa shape index (κ2) is 7.00. The van der Waals surface area contributed by atoms with Gasteiger partial charge in [0.05, 0.1) is 18.0 Å². The van der Waals surface area contributed by atoms with Crippen LogP contribution in [-0.2, 0) is 22.9 Å². The van der Waals surface area contributed by atoms with Crippen LogP contribution in [0.5, 0.6) is 0 Å². The van der Waals surface area contributed by atoms with Gasteiger partial charge in [0.1, 0.15) is 6.61 Å². The normalized spacial score (nSPS) is 10.6. The quantitative estimate of drug-likeness (QED) is 0.584. The molecule has 1 aromatic heterocycles. The smallest absolute Gasteiger partial charge is 0.358 e. The average molecular weight is 255 g/mol. The number of hydrogen-bond acceptors (Lipinski definition) is 5. The maximum Gasteiger partial charge on any atom is 0.358 e. The van der Waals surface area contributed by atoms with E-state index in [2.05, 4.69) is 5.10 Å². The summed E-state index contributed by atoms with van der Waals surface area (Å²) >= 11 is 0. The Labute approximate surface area is 107 Å². The zero-order valence-corrected chi connectivity index (χ0v) is 11.2. The SMILES string of the molecule is CCCOCCOC(=O)c1c(N)c(CC)nn1C. The lowest BCUT2D eigenvalue weighted by atomic mass is 10.2. The molecular formula is C12H21N3O3. The van der Waals surface area contributed by atoms with Crippen molar-refractivity contribution in [1.29, 1.82) is 0 Å². The van der Waals surface area contributed by atoms with Crippen molar-refractivity contribution in [3.8, 4) is 0 Å². The summed E-state index contributed by atoms with van der Waals surface area (Å²) in [5, 5.41) is 4.17. The van der Waals surface area contributed by atoms with Crippen LogP contribution in [0.3, 0.4) is 0 Å². The summed E-state index contributed by atoms with van der Waals surface area (Å²) in [6, 6.07) is 0. The lowest BCUT2D eigenvalue weighted by molar-refractivity contribution is 0.0309. The standard InChI is InChI=1S/C12H21N3O3/c1-4-6-17-7-8-18-12(16)11-10(13)9(5-2)14-15(11)3/h4-8,13H2,1-3H3. The molecule has 0 unspecified atom stereocenters. The molecule has 0 atom stereocenters. The van der Waals surface area contributed by atoms with E-state index in [0.29, 0.717) is 36.7 Å². The van der Waals surface area contributed by atoms with Crippen LogP contribution < -0.4 is 5.73 Å². The highest BCUT2D eigenvalue weighted by molar-refractivity contribution is 5.93. The molecule has 0 aliphatic carbocycles. The van der Waals surface area contributed by atoms with Gasteiger partial charge in [-0.05, 0) is 12.8 Å². The van der Waals surface area contributed by atoms with Gasteiger partial charge in [0.25, 0.3) is 0 Å². The highest BCUT2D eigenvalue weighted by atomic mass is 16.6. The Morgan fingerprint density at radius 3 is 2.61 bits per heavy atom. The van der Waals surface area contributed by atoms with Gasteiger partial charge < -0.3 is 15.2 Å². The van der Waals surface area contributed by atoms with Crippen molar-refractivity contribution in [1.82, 2.24) is 9.78 Å². The van der Waals surface area contributed by atoms with Crippen LogP contribution in [-0.4, -0.2) is 35.6 Å². The zero-order chi connectivity index (χ0) is 13.5. The molecule has 102 valence electrons. The first-order valence-electron chi connectivity index (χ1n) is 6.18. The minimum Gasteiger partial charge on any atom is -0.458 e. The van der Waals surface area contributed by atoms with Crippen molar-refractivity contribution in [3.05, 3.63) is 11.4 Å². The number of ether oxygens (including phenoxy) is 2. The lowest BCUT2D eigenvalue weighted by Crippen LogP contribution is -2.15. The zero-order valence-electron chi connectivity index (χ0n) is 11.2. The van der Waals surface area contributed by atoms with Gasteiger partial charge in [-0.2, -0.15) is 5.10 Å². The van der Waals surface area contributed by atoms with Crippen LogP contribution in [0.25, 0.3) is 0 Å². The first-order valence-corrected chi connectivity index (χ1v) is 6.18. The van der Waals surface area contributed by atoms with E-state index < -0.39 is 5.97 Å². The van der Waals surface area contributed by atoms with Crippen LogP contribution in [0.15, 0.2) is 0 Å². The number of aryl methyl sites for hydroxylation is 2. The first kappa shape index (κ1) is 14.5. The number of anilines is 1. The molecule has 0 amide bonds. The number of hydrogen-bond donors (Lipinski definition) is 1. The molecule has 1 rings (SSSR count). The Morgan fingerprint density at radius 1 is 1.33 bits per heavy atom. The van der Waals surface area contributed by atoms with Crippen LogP contribution >= 0.6 is 0 Å². The predicted molar refractivity (Wildman–Crippen MR) is 68.4 cm³/mol. The van der Waals surface area contributed by atoms with Gasteiger partial charge >= 0.3 is 5.97 Å². The van der Waals surface area contributed by atoms with Gasteiger partial charge in [0, 0.05) is 13.7 Å². The molecule has 1 aromatic rings. The number of rotatable bonds is 7. The van der Waals surface area contributed by atoms with E-state index in [0.717, 1.165) is 6.42 Å². The van der Waals surface area contributed by atoms with Crippen molar-refractivity contribution in [2.24, 2.45) is 7.05 Å². The molecule has 0 spiro atoms. The number of nitrogens with zero attached hydrogens (tertiary/aromatic N) is 2. The largest absolute Gasteiger partial charge is 0.458 e. The van der Waals surface area contributed by atoms with Crippen molar-refractivity contribution in [3.63, 3.8) is 0 Å². The monoisotopic (exact) mass is 255 g/mol. The summed E-state index contributed by atoms with van der Waals surface area (Å²) in [6.45, 7) is 5.26. The second-order valence-corrected chi connectivity index (χ2v) is 3.93. The van der Waals surface area contributed by atoms with Gasteiger partial charge in [-0.25, -0.2) is 4.79 Å². The molecule has 0 saturated heterocycles. The van der Waals surface area contributed by atoms with Crippen LogP contribution in [0.2, 0.25) is 0 Å². The first-order chi connectivity index (χ1) is 8.61. The van der Waals surface area contributed by atoms with E-state index in [-0.39, 0.29) is 6.61 Å². The highest BCUT2D eigenvalue weighted by Gasteiger charge is 2.20. The number of carbonyl (C=O) groups excluding carboxylic acids is 1. The Kier molecular flexibility index (Phi) is 5.64. The fourth-order valence-corrected chi connectivity index (χ4v) is 1.61. The van der Waals surface area contributed by atoms with Gasteiger partial charge in [-0.15, -0.1) is 0 Å². The van der Waals surface area contributed by atoms with Gasteiger partial charge in [0.2, 0.25) is 0 Å². The highest BCUT2D eigenvalue weighted by Crippen LogP contribution is 2.17. The molecular weight excluding hydrogens is 234 g/mol. The summed E-state index contributed by atoms with van der Waals surface area (Å²) in [6.07, 6.45) is 1.63. The van der Waals surface area contributed by atoms with E-state index in [9.17, 15) is 4.79 Å². The predicted octanol–water partition coefficient (Wildman–Crippen LogP) is 1.15. The molecule has 0 aliphatic rings. The molecule has 18 heavy (non-hydrogen) atoms. The van der Waals surface area contributed by atoms with Crippen LogP contribution in [0.1, 0.15) is 36.5 Å². The maximum absolute atomic E-state index is 11.8. The lowest BCUT2D eigenvalue weighted by Gasteiger charge is -2.06. The minimum atomic E-state index is -0.456. The third kappa shape index (κ3) is 3.46. The molecule has 0 radical (unpaired) electrons. The summed E-state index contributed by atoms with van der Waals surface area (Å²) in [5.41, 5.74) is 7.28. The van der Waals surface area contributed by atoms with E-state index in [1.165, 1.54) is 4.68 Å². The molecule has 1 heterocycles. The molecule has 0 saturated carbocycles. The van der Waals surface area contributed by atoms with Crippen molar-refractivity contribution >= 4 is 11.7 Å². The minimum absolute atomic E-state index is 0.227. The fourth-order valence-electron chi connectivity index (χ4n) is 1.61. The Morgan fingerprint density at radius 2 is 2.06 bits per heavy atom. The number of carbonyl (C=O) groups is 1. The Hall–Kier alpha value is -1.56. The summed E-state index contributed by atoms with van der Waals surface area (Å²) < 4.78 is 11.8. The fraction of sp³-hybridized carbons (Fsp3) is 0.667. The molecule has 0 fully saturated rings. The molecule has 6 nitrogen and oxygen atoms in total. The maximum atomic E-state index is 11.8. The van der Waals surface area contributed by atoms with Gasteiger partial charge in [-0.3, -0.25) is 4.68 Å². The average Bonchev–Trinajstić information content (AvgIpc) is 2.63. The summed E-state index contributed by atoms with van der Waals surface area (Å²) in [7, 11) is 1.68. The Balaban J connectivity index is 2.54. The summed E-state index contributed by atoms with van der Waals surface area (Å²) in [4.78, 5) is 11.8. The molecule has 2 N–H and O–H groups in total. The topological polar surface area (TPSA) is 79.4 Å². The number of nitrogen functional groups attached to an aromatic ring is 1. The van der Waals surface area contributed by atoms with Crippen molar-refractivity contribution in [2.75, 3.05) is 25.6 Å². The van der Waals surface area contributed by atoms with E-state index in [1.807, 2.05) is 13.8 Å². The number of nitrogens with two attached hydrogens (primary N) is 1.